The SMILES string of the molecule is CCN(CC)C(=O)C(c1ccccc1)N1CCC(N(C)CC(=O)O)CC1. The van der Waals surface area contributed by atoms with E-state index in [1.54, 1.807) is 0 Å². The summed E-state index contributed by atoms with van der Waals surface area (Å²) in [6, 6.07) is 9.96. The molecule has 1 N–H and O–H groups in total. The first kappa shape index (κ1) is 20.4. The summed E-state index contributed by atoms with van der Waals surface area (Å²) in [5.74, 6) is -0.646. The molecule has 0 saturated carbocycles. The van der Waals surface area contributed by atoms with E-state index in [4.69, 9.17) is 5.11 Å². The third kappa shape index (κ3) is 5.05. The predicted octanol–water partition coefficient (Wildman–Crippen LogP) is 2.08. The molecule has 1 saturated heterocycles. The van der Waals surface area contributed by atoms with Gasteiger partial charge in [0.1, 0.15) is 6.04 Å². The van der Waals surface area contributed by atoms with Crippen LogP contribution in [0.2, 0.25) is 0 Å². The normalized spacial score (nSPS) is 17.2. The zero-order chi connectivity index (χ0) is 19.1. The zero-order valence-electron chi connectivity index (χ0n) is 16.1. The fraction of sp³-hybridized carbons (Fsp3) is 0.600. The van der Waals surface area contributed by atoms with Gasteiger partial charge in [0.25, 0.3) is 0 Å². The summed E-state index contributed by atoms with van der Waals surface area (Å²) in [6.07, 6.45) is 1.75. The topological polar surface area (TPSA) is 64.1 Å². The zero-order valence-corrected chi connectivity index (χ0v) is 16.1. The van der Waals surface area contributed by atoms with Gasteiger partial charge in [0.2, 0.25) is 5.91 Å². The summed E-state index contributed by atoms with van der Waals surface area (Å²) in [7, 11) is 1.87. The Morgan fingerprint density at radius 1 is 1.15 bits per heavy atom. The molecule has 1 aromatic rings. The van der Waals surface area contributed by atoms with Gasteiger partial charge in [-0.3, -0.25) is 19.4 Å². The molecule has 1 aromatic carbocycles. The van der Waals surface area contributed by atoms with Crippen LogP contribution in [-0.4, -0.2) is 77.5 Å². The fourth-order valence-electron chi connectivity index (χ4n) is 3.78. The third-order valence-electron chi connectivity index (χ3n) is 5.30. The van der Waals surface area contributed by atoms with E-state index in [1.165, 1.54) is 0 Å². The number of benzene rings is 1. The summed E-state index contributed by atoms with van der Waals surface area (Å²) in [5.41, 5.74) is 1.03. The van der Waals surface area contributed by atoms with E-state index in [1.807, 2.05) is 61.0 Å². The van der Waals surface area contributed by atoms with Crippen molar-refractivity contribution >= 4 is 11.9 Å². The first-order valence-electron chi connectivity index (χ1n) is 9.47. The molecule has 1 heterocycles. The van der Waals surface area contributed by atoms with Crippen molar-refractivity contribution in [2.45, 2.75) is 38.8 Å². The van der Waals surface area contributed by atoms with Gasteiger partial charge in [-0.05, 0) is 39.3 Å². The first-order chi connectivity index (χ1) is 12.5. The van der Waals surface area contributed by atoms with Crippen LogP contribution in [0.5, 0.6) is 0 Å². The molecule has 0 spiro atoms. The molecule has 6 nitrogen and oxygen atoms in total. The maximum absolute atomic E-state index is 13.2. The Balaban J connectivity index is 2.12. The lowest BCUT2D eigenvalue weighted by Gasteiger charge is -2.40. The minimum Gasteiger partial charge on any atom is -0.480 e. The Hall–Kier alpha value is -1.92. The molecule has 1 amide bonds. The van der Waals surface area contributed by atoms with Crippen LogP contribution in [-0.2, 0) is 9.59 Å². The first-order valence-corrected chi connectivity index (χ1v) is 9.47. The molecule has 1 unspecified atom stereocenters. The second kappa shape index (κ2) is 9.69. The number of amides is 1. The minimum atomic E-state index is -0.797. The fourth-order valence-corrected chi connectivity index (χ4v) is 3.78. The number of hydrogen-bond acceptors (Lipinski definition) is 4. The largest absolute Gasteiger partial charge is 0.480 e. The molecule has 0 radical (unpaired) electrons. The molecular weight excluding hydrogens is 330 g/mol. The van der Waals surface area contributed by atoms with Crippen molar-refractivity contribution in [3.63, 3.8) is 0 Å². The van der Waals surface area contributed by atoms with E-state index in [-0.39, 0.29) is 24.5 Å². The van der Waals surface area contributed by atoms with Crippen LogP contribution in [0.4, 0.5) is 0 Å². The quantitative estimate of drug-likeness (QED) is 0.768. The number of rotatable bonds is 8. The molecule has 0 bridgehead atoms. The van der Waals surface area contributed by atoms with E-state index in [0.717, 1.165) is 31.5 Å². The molecule has 1 atom stereocenters. The second-order valence-electron chi connectivity index (χ2n) is 6.90. The van der Waals surface area contributed by atoms with Crippen molar-refractivity contribution in [3.8, 4) is 0 Å². The number of carboxylic acid groups (broad SMARTS) is 1. The van der Waals surface area contributed by atoms with Gasteiger partial charge in [-0.25, -0.2) is 0 Å². The third-order valence-corrected chi connectivity index (χ3v) is 5.30. The van der Waals surface area contributed by atoms with Crippen LogP contribution < -0.4 is 0 Å². The van der Waals surface area contributed by atoms with Gasteiger partial charge in [-0.1, -0.05) is 30.3 Å². The Bertz CT molecular complexity index is 581. The number of likely N-dealkylation sites (tertiary alicyclic amines) is 1. The van der Waals surface area contributed by atoms with Crippen molar-refractivity contribution in [1.82, 2.24) is 14.7 Å². The lowest BCUT2D eigenvalue weighted by atomic mass is 9.97. The van der Waals surface area contributed by atoms with Crippen molar-refractivity contribution in [3.05, 3.63) is 35.9 Å². The molecule has 26 heavy (non-hydrogen) atoms. The van der Waals surface area contributed by atoms with Crippen molar-refractivity contribution in [1.29, 1.82) is 0 Å². The second-order valence-corrected chi connectivity index (χ2v) is 6.90. The number of likely N-dealkylation sites (N-methyl/N-ethyl adjacent to an activating group) is 2. The van der Waals surface area contributed by atoms with Gasteiger partial charge in [0.15, 0.2) is 0 Å². The van der Waals surface area contributed by atoms with Gasteiger partial charge in [-0.2, -0.15) is 0 Å². The molecule has 2 rings (SSSR count). The molecule has 1 aliphatic heterocycles. The van der Waals surface area contributed by atoms with E-state index < -0.39 is 5.97 Å². The number of aliphatic carboxylic acids is 1. The summed E-state index contributed by atoms with van der Waals surface area (Å²) in [5, 5.41) is 8.99. The number of piperidine rings is 1. The van der Waals surface area contributed by atoms with Crippen LogP contribution in [0.25, 0.3) is 0 Å². The minimum absolute atomic E-state index is 0.0607. The highest BCUT2D eigenvalue weighted by molar-refractivity contribution is 5.83. The van der Waals surface area contributed by atoms with Crippen molar-refractivity contribution < 1.29 is 14.7 Å². The van der Waals surface area contributed by atoms with Gasteiger partial charge in [-0.15, -0.1) is 0 Å². The maximum Gasteiger partial charge on any atom is 0.317 e. The number of carbonyl (C=O) groups excluding carboxylic acids is 1. The van der Waals surface area contributed by atoms with Crippen LogP contribution in [0, 0.1) is 0 Å². The lowest BCUT2D eigenvalue weighted by Crippen LogP contribution is -2.49. The molecule has 144 valence electrons. The molecular formula is C20H31N3O3. The standard InChI is InChI=1S/C20H31N3O3/c1-4-22(5-2)20(26)19(16-9-7-6-8-10-16)23-13-11-17(12-14-23)21(3)15-18(24)25/h6-10,17,19H,4-5,11-15H2,1-3H3,(H,24,25). The summed E-state index contributed by atoms with van der Waals surface area (Å²) < 4.78 is 0. The van der Waals surface area contributed by atoms with Gasteiger partial charge in [0, 0.05) is 32.2 Å². The van der Waals surface area contributed by atoms with Crippen molar-refractivity contribution in [2.75, 3.05) is 39.8 Å². The van der Waals surface area contributed by atoms with Crippen LogP contribution in [0.15, 0.2) is 30.3 Å². The molecule has 6 heteroatoms. The number of carboxylic acids is 1. The monoisotopic (exact) mass is 361 g/mol. The Morgan fingerprint density at radius 3 is 2.23 bits per heavy atom. The Kier molecular flexibility index (Phi) is 7.60. The number of carbonyl (C=O) groups is 2. The highest BCUT2D eigenvalue weighted by Crippen LogP contribution is 2.28. The average Bonchev–Trinajstić information content (AvgIpc) is 2.64. The molecule has 1 fully saturated rings. The average molecular weight is 361 g/mol. The Morgan fingerprint density at radius 2 is 1.73 bits per heavy atom. The molecule has 0 aromatic heterocycles. The van der Waals surface area contributed by atoms with E-state index in [9.17, 15) is 9.59 Å². The summed E-state index contributed by atoms with van der Waals surface area (Å²) >= 11 is 0. The molecule has 1 aliphatic rings. The number of hydrogen-bond donors (Lipinski definition) is 1. The lowest BCUT2D eigenvalue weighted by molar-refractivity contribution is -0.138. The smallest absolute Gasteiger partial charge is 0.317 e. The number of nitrogens with zero attached hydrogens (tertiary/aromatic N) is 3. The molecule has 0 aliphatic carbocycles. The van der Waals surface area contributed by atoms with Crippen LogP contribution >= 0.6 is 0 Å². The van der Waals surface area contributed by atoms with E-state index >= 15 is 0 Å². The highest BCUT2D eigenvalue weighted by Gasteiger charge is 2.34. The van der Waals surface area contributed by atoms with Gasteiger partial charge >= 0.3 is 5.97 Å². The Labute approximate surface area is 156 Å². The predicted molar refractivity (Wildman–Crippen MR) is 102 cm³/mol. The summed E-state index contributed by atoms with van der Waals surface area (Å²) in [4.78, 5) is 30.1. The van der Waals surface area contributed by atoms with Crippen LogP contribution in [0.1, 0.15) is 38.3 Å². The van der Waals surface area contributed by atoms with Crippen LogP contribution in [0.3, 0.4) is 0 Å². The summed E-state index contributed by atoms with van der Waals surface area (Å²) in [6.45, 7) is 7.08. The van der Waals surface area contributed by atoms with Crippen molar-refractivity contribution in [2.24, 2.45) is 0 Å². The van der Waals surface area contributed by atoms with Gasteiger partial charge < -0.3 is 10.0 Å². The van der Waals surface area contributed by atoms with Gasteiger partial charge in [0.05, 0.1) is 6.54 Å². The van der Waals surface area contributed by atoms with E-state index in [2.05, 4.69) is 4.90 Å². The highest BCUT2D eigenvalue weighted by atomic mass is 16.4. The maximum atomic E-state index is 13.2. The van der Waals surface area contributed by atoms with E-state index in [0.29, 0.717) is 13.1 Å².